The summed E-state index contributed by atoms with van der Waals surface area (Å²) in [5.74, 6) is -0.128. The summed E-state index contributed by atoms with van der Waals surface area (Å²) in [5, 5.41) is 13.5. The first kappa shape index (κ1) is 19.9. The van der Waals surface area contributed by atoms with Crippen LogP contribution in [0.2, 0.25) is 0 Å². The monoisotopic (exact) mass is 399 g/mol. The third kappa shape index (κ3) is 4.83. The number of halogens is 2. The number of carbonyl (C=O) groups is 1. The van der Waals surface area contributed by atoms with Crippen molar-refractivity contribution in [1.29, 1.82) is 0 Å². The van der Waals surface area contributed by atoms with Gasteiger partial charge in [0.05, 0.1) is 23.4 Å². The standard InChI is InChI=1S/C14H23Cl2N3O4S/c1-2-24(22,23)19-5-3-18(4-6-19)14(21)9-17-12-7-10(15)11(16)8-13(12)20/h2,10-13,17,20H,1,3-9H2. The zero-order valence-corrected chi connectivity index (χ0v) is 15.6. The first-order valence-corrected chi connectivity index (χ1v) is 10.2. The number of rotatable bonds is 5. The van der Waals surface area contributed by atoms with Gasteiger partial charge in [-0.1, -0.05) is 6.58 Å². The van der Waals surface area contributed by atoms with Gasteiger partial charge in [-0.3, -0.25) is 4.79 Å². The molecule has 2 rings (SSSR count). The first-order chi connectivity index (χ1) is 11.2. The Morgan fingerprint density at radius 3 is 2.38 bits per heavy atom. The van der Waals surface area contributed by atoms with E-state index in [1.54, 1.807) is 4.90 Å². The minimum absolute atomic E-state index is 0.0759. The van der Waals surface area contributed by atoms with Gasteiger partial charge in [0.25, 0.3) is 0 Å². The molecule has 24 heavy (non-hydrogen) atoms. The van der Waals surface area contributed by atoms with Gasteiger partial charge in [0.2, 0.25) is 15.9 Å². The predicted octanol–water partition coefficient (Wildman–Crippen LogP) is -0.0684. The van der Waals surface area contributed by atoms with Gasteiger partial charge in [-0.15, -0.1) is 23.2 Å². The Morgan fingerprint density at radius 2 is 1.79 bits per heavy atom. The molecule has 4 unspecified atom stereocenters. The number of hydrogen-bond acceptors (Lipinski definition) is 5. The van der Waals surface area contributed by atoms with E-state index in [4.69, 9.17) is 23.2 Å². The van der Waals surface area contributed by atoms with Crippen LogP contribution in [0.4, 0.5) is 0 Å². The lowest BCUT2D eigenvalue weighted by molar-refractivity contribution is -0.131. The Labute approximate surface area is 152 Å². The van der Waals surface area contributed by atoms with Crippen LogP contribution in [-0.2, 0) is 14.8 Å². The van der Waals surface area contributed by atoms with E-state index in [9.17, 15) is 18.3 Å². The zero-order chi connectivity index (χ0) is 17.9. The molecular formula is C14H23Cl2N3O4S. The van der Waals surface area contributed by atoms with Crippen LogP contribution < -0.4 is 5.32 Å². The molecule has 0 radical (unpaired) electrons. The molecule has 0 aromatic carbocycles. The van der Waals surface area contributed by atoms with Crippen molar-refractivity contribution < 1.29 is 18.3 Å². The van der Waals surface area contributed by atoms with Crippen molar-refractivity contribution in [2.24, 2.45) is 0 Å². The number of amides is 1. The molecule has 10 heteroatoms. The van der Waals surface area contributed by atoms with E-state index in [0.717, 1.165) is 5.41 Å². The minimum atomic E-state index is -3.44. The summed E-state index contributed by atoms with van der Waals surface area (Å²) < 4.78 is 24.7. The number of carbonyl (C=O) groups excluding carboxylic acids is 1. The molecule has 2 fully saturated rings. The molecule has 1 amide bonds. The lowest BCUT2D eigenvalue weighted by atomic mass is 9.91. The van der Waals surface area contributed by atoms with Crippen molar-refractivity contribution in [3.8, 4) is 0 Å². The average Bonchev–Trinajstić information content (AvgIpc) is 2.56. The van der Waals surface area contributed by atoms with Crippen molar-refractivity contribution in [2.45, 2.75) is 35.7 Å². The molecule has 1 saturated carbocycles. The Balaban J connectivity index is 1.79. The SMILES string of the molecule is C=CS(=O)(=O)N1CCN(C(=O)CNC2CC(Cl)C(Cl)CC2O)CC1. The molecule has 7 nitrogen and oxygen atoms in total. The smallest absolute Gasteiger partial charge is 0.236 e. The van der Waals surface area contributed by atoms with E-state index in [0.29, 0.717) is 25.9 Å². The van der Waals surface area contributed by atoms with Gasteiger partial charge < -0.3 is 15.3 Å². The molecule has 1 heterocycles. The van der Waals surface area contributed by atoms with Gasteiger partial charge in [0.1, 0.15) is 0 Å². The predicted molar refractivity (Wildman–Crippen MR) is 93.6 cm³/mol. The number of sulfonamides is 1. The summed E-state index contributed by atoms with van der Waals surface area (Å²) in [6, 6.07) is -0.270. The quantitative estimate of drug-likeness (QED) is 0.631. The molecule has 138 valence electrons. The van der Waals surface area contributed by atoms with Gasteiger partial charge in [0, 0.05) is 37.6 Å². The highest BCUT2D eigenvalue weighted by molar-refractivity contribution is 7.92. The number of hydrogen-bond donors (Lipinski definition) is 2. The van der Waals surface area contributed by atoms with Crippen molar-refractivity contribution in [3.63, 3.8) is 0 Å². The Kier molecular flexibility index (Phi) is 6.92. The van der Waals surface area contributed by atoms with Crippen LogP contribution in [0.3, 0.4) is 0 Å². The van der Waals surface area contributed by atoms with E-state index < -0.39 is 16.1 Å². The second-order valence-corrected chi connectivity index (χ2v) is 9.05. The minimum Gasteiger partial charge on any atom is -0.391 e. The van der Waals surface area contributed by atoms with E-state index in [-0.39, 0.29) is 42.3 Å². The topological polar surface area (TPSA) is 90.0 Å². The fourth-order valence-electron chi connectivity index (χ4n) is 2.94. The summed E-state index contributed by atoms with van der Waals surface area (Å²) in [6.45, 7) is 4.55. The van der Waals surface area contributed by atoms with Crippen LogP contribution in [0.5, 0.6) is 0 Å². The number of aliphatic hydroxyl groups is 1. The summed E-state index contributed by atoms with van der Waals surface area (Å²) >= 11 is 12.1. The number of nitrogens with zero attached hydrogens (tertiary/aromatic N) is 2. The van der Waals surface area contributed by atoms with Gasteiger partial charge in [0.15, 0.2) is 0 Å². The number of alkyl halides is 2. The molecule has 0 spiro atoms. The highest BCUT2D eigenvalue weighted by Crippen LogP contribution is 2.28. The summed E-state index contributed by atoms with van der Waals surface area (Å²) in [4.78, 5) is 13.9. The van der Waals surface area contributed by atoms with Crippen LogP contribution in [0.15, 0.2) is 12.0 Å². The highest BCUT2D eigenvalue weighted by atomic mass is 35.5. The van der Waals surface area contributed by atoms with Crippen LogP contribution >= 0.6 is 23.2 Å². The van der Waals surface area contributed by atoms with Crippen molar-refractivity contribution in [2.75, 3.05) is 32.7 Å². The molecule has 4 atom stereocenters. The lowest BCUT2D eigenvalue weighted by Crippen LogP contribution is -2.54. The maximum atomic E-state index is 12.3. The van der Waals surface area contributed by atoms with Gasteiger partial charge in [-0.25, -0.2) is 8.42 Å². The second-order valence-electron chi connectivity index (χ2n) is 6.05. The molecule has 0 aromatic heterocycles. The fraction of sp³-hybridized carbons (Fsp3) is 0.786. The third-order valence-corrected chi connectivity index (χ3v) is 7.08. The number of nitrogens with one attached hydrogen (secondary N) is 1. The molecule has 1 saturated heterocycles. The highest BCUT2D eigenvalue weighted by Gasteiger charge is 2.35. The van der Waals surface area contributed by atoms with E-state index in [1.165, 1.54) is 4.31 Å². The summed E-state index contributed by atoms with van der Waals surface area (Å²) in [5.41, 5.74) is 0. The van der Waals surface area contributed by atoms with E-state index in [1.807, 2.05) is 0 Å². The molecule has 2 N–H and O–H groups in total. The van der Waals surface area contributed by atoms with Gasteiger partial charge in [-0.2, -0.15) is 4.31 Å². The second kappa shape index (κ2) is 8.33. The summed E-state index contributed by atoms with van der Waals surface area (Å²) in [6.07, 6.45) is 0.250. The maximum absolute atomic E-state index is 12.3. The normalized spacial score (nSPS) is 32.5. The number of aliphatic hydroxyl groups excluding tert-OH is 1. The Morgan fingerprint density at radius 1 is 1.21 bits per heavy atom. The maximum Gasteiger partial charge on any atom is 0.236 e. The molecule has 2 aliphatic rings. The van der Waals surface area contributed by atoms with Crippen LogP contribution in [0, 0.1) is 0 Å². The largest absolute Gasteiger partial charge is 0.391 e. The molecule has 0 aromatic rings. The van der Waals surface area contributed by atoms with Crippen molar-refractivity contribution >= 4 is 39.1 Å². The zero-order valence-electron chi connectivity index (χ0n) is 13.3. The fourth-order valence-corrected chi connectivity index (χ4v) is 4.40. The average molecular weight is 400 g/mol. The van der Waals surface area contributed by atoms with Crippen LogP contribution in [0.25, 0.3) is 0 Å². The molecule has 1 aliphatic carbocycles. The first-order valence-electron chi connectivity index (χ1n) is 7.84. The van der Waals surface area contributed by atoms with Crippen LogP contribution in [-0.4, -0.2) is 84.3 Å². The van der Waals surface area contributed by atoms with Gasteiger partial charge >= 0.3 is 0 Å². The third-order valence-electron chi connectivity index (χ3n) is 4.48. The van der Waals surface area contributed by atoms with Gasteiger partial charge in [-0.05, 0) is 12.8 Å². The molecule has 1 aliphatic heterocycles. The molecule has 0 bridgehead atoms. The Bertz CT molecular complexity index is 566. The van der Waals surface area contributed by atoms with Crippen molar-refractivity contribution in [1.82, 2.24) is 14.5 Å². The van der Waals surface area contributed by atoms with E-state index >= 15 is 0 Å². The number of piperazine rings is 1. The molecular weight excluding hydrogens is 377 g/mol. The Hall–Kier alpha value is -0.380. The van der Waals surface area contributed by atoms with E-state index in [2.05, 4.69) is 11.9 Å². The lowest BCUT2D eigenvalue weighted by Gasteiger charge is -2.36. The summed E-state index contributed by atoms with van der Waals surface area (Å²) in [7, 11) is -3.44. The van der Waals surface area contributed by atoms with Crippen LogP contribution in [0.1, 0.15) is 12.8 Å². The van der Waals surface area contributed by atoms with Crippen molar-refractivity contribution in [3.05, 3.63) is 12.0 Å².